The van der Waals surface area contributed by atoms with Gasteiger partial charge in [0.1, 0.15) is 11.5 Å². The van der Waals surface area contributed by atoms with E-state index in [0.717, 1.165) is 10.8 Å². The third-order valence-electron chi connectivity index (χ3n) is 5.28. The summed E-state index contributed by atoms with van der Waals surface area (Å²) in [5.74, 6) is -1.73. The molecule has 0 aliphatic rings. The summed E-state index contributed by atoms with van der Waals surface area (Å²) in [5, 5.41) is 12.0. The number of carboxylic acids is 1. The number of carbonyl (C=O) groups excluding carboxylic acids is 1. The Morgan fingerprint density at radius 3 is 2.63 bits per heavy atom. The van der Waals surface area contributed by atoms with Gasteiger partial charge >= 0.3 is 5.97 Å². The number of ketones is 1. The Bertz CT molecular complexity index is 1480. The number of aliphatic carboxylic acids is 1. The fraction of sp³-hybridized carbons (Fsp3) is 0.0417. The molecule has 0 bridgehead atoms. The first kappa shape index (κ1) is 18.0. The molecule has 0 aliphatic carbocycles. The lowest BCUT2D eigenvalue weighted by atomic mass is 9.99. The number of H-pyrrole nitrogens is 1. The maximum absolute atomic E-state index is 14.4. The van der Waals surface area contributed by atoms with Gasteiger partial charge in [0.05, 0.1) is 17.5 Å². The van der Waals surface area contributed by atoms with Crippen molar-refractivity contribution in [1.29, 1.82) is 0 Å². The molecule has 0 aliphatic heterocycles. The molecule has 5 rings (SSSR count). The van der Waals surface area contributed by atoms with Crippen LogP contribution in [0.15, 0.2) is 66.9 Å². The van der Waals surface area contributed by atoms with Crippen molar-refractivity contribution in [2.24, 2.45) is 0 Å². The third kappa shape index (κ3) is 2.81. The summed E-state index contributed by atoms with van der Waals surface area (Å²) >= 11 is 0. The number of rotatable bonds is 4. The minimum Gasteiger partial charge on any atom is -0.481 e. The second-order valence-corrected chi connectivity index (χ2v) is 7.12. The van der Waals surface area contributed by atoms with Gasteiger partial charge in [0, 0.05) is 22.5 Å². The first-order chi connectivity index (χ1) is 14.5. The summed E-state index contributed by atoms with van der Waals surface area (Å²) in [4.78, 5) is 31.7. The average Bonchev–Trinajstić information content (AvgIpc) is 3.14. The number of hydrogen-bond acceptors (Lipinski definition) is 3. The normalized spacial score (nSPS) is 11.4. The van der Waals surface area contributed by atoms with E-state index in [2.05, 4.69) is 9.97 Å². The van der Waals surface area contributed by atoms with Crippen LogP contribution in [-0.2, 0) is 11.2 Å². The second-order valence-electron chi connectivity index (χ2n) is 7.12. The van der Waals surface area contributed by atoms with Gasteiger partial charge in [-0.1, -0.05) is 48.5 Å². The number of halogens is 1. The van der Waals surface area contributed by atoms with Gasteiger partial charge in [-0.2, -0.15) is 0 Å². The zero-order valence-corrected chi connectivity index (χ0v) is 15.6. The van der Waals surface area contributed by atoms with Crippen molar-refractivity contribution in [3.63, 3.8) is 0 Å². The van der Waals surface area contributed by atoms with Crippen molar-refractivity contribution in [3.05, 3.63) is 89.5 Å². The summed E-state index contributed by atoms with van der Waals surface area (Å²) in [7, 11) is 0. The second kappa shape index (κ2) is 6.77. The zero-order chi connectivity index (χ0) is 20.8. The van der Waals surface area contributed by atoms with Crippen LogP contribution < -0.4 is 0 Å². The molecular formula is C24H15FN2O3. The summed E-state index contributed by atoms with van der Waals surface area (Å²) < 4.78 is 14.4. The molecule has 0 radical (unpaired) electrons. The van der Waals surface area contributed by atoms with E-state index in [9.17, 15) is 19.1 Å². The quantitative estimate of drug-likeness (QED) is 0.423. The van der Waals surface area contributed by atoms with Crippen LogP contribution in [0.4, 0.5) is 4.39 Å². The van der Waals surface area contributed by atoms with E-state index in [1.807, 2.05) is 36.4 Å². The van der Waals surface area contributed by atoms with Crippen molar-refractivity contribution in [2.75, 3.05) is 0 Å². The van der Waals surface area contributed by atoms with Crippen molar-refractivity contribution >= 4 is 44.3 Å². The van der Waals surface area contributed by atoms with Crippen LogP contribution in [-0.4, -0.2) is 26.8 Å². The van der Waals surface area contributed by atoms with Gasteiger partial charge < -0.3 is 10.1 Å². The van der Waals surface area contributed by atoms with Gasteiger partial charge in [0.15, 0.2) is 0 Å². The number of aromatic nitrogens is 2. The third-order valence-corrected chi connectivity index (χ3v) is 5.28. The lowest BCUT2D eigenvalue weighted by Gasteiger charge is -2.06. The lowest BCUT2D eigenvalue weighted by Crippen LogP contribution is -2.04. The van der Waals surface area contributed by atoms with Crippen LogP contribution in [0.1, 0.15) is 21.6 Å². The number of pyridine rings is 1. The summed E-state index contributed by atoms with van der Waals surface area (Å²) in [5.41, 5.74) is 1.99. The smallest absolute Gasteiger partial charge is 0.307 e. The monoisotopic (exact) mass is 398 g/mol. The average molecular weight is 398 g/mol. The summed E-state index contributed by atoms with van der Waals surface area (Å²) in [6.45, 7) is 0. The van der Waals surface area contributed by atoms with Crippen LogP contribution in [0.2, 0.25) is 0 Å². The van der Waals surface area contributed by atoms with E-state index in [-0.39, 0.29) is 23.4 Å². The maximum atomic E-state index is 14.4. The van der Waals surface area contributed by atoms with Crippen molar-refractivity contribution in [1.82, 2.24) is 9.97 Å². The topological polar surface area (TPSA) is 83.0 Å². The van der Waals surface area contributed by atoms with Crippen molar-refractivity contribution in [2.45, 2.75) is 6.42 Å². The van der Waals surface area contributed by atoms with E-state index in [1.54, 1.807) is 12.1 Å². The molecule has 0 fully saturated rings. The highest BCUT2D eigenvalue weighted by molar-refractivity contribution is 6.17. The van der Waals surface area contributed by atoms with Crippen LogP contribution in [0.5, 0.6) is 0 Å². The van der Waals surface area contributed by atoms with Gasteiger partial charge in [-0.05, 0) is 28.5 Å². The highest BCUT2D eigenvalue weighted by Crippen LogP contribution is 2.31. The molecule has 5 aromatic rings. The fourth-order valence-corrected chi connectivity index (χ4v) is 3.94. The SMILES string of the molecule is O=C(O)Cc1ccc(F)c2[nH]c3cc(C(=O)c4cccc5ccccc45)ncc3c12. The van der Waals surface area contributed by atoms with E-state index in [4.69, 9.17) is 0 Å². The number of nitrogens with zero attached hydrogens (tertiary/aromatic N) is 1. The summed E-state index contributed by atoms with van der Waals surface area (Å²) in [6, 6.07) is 17.4. The molecule has 5 nitrogen and oxygen atoms in total. The molecule has 3 aromatic carbocycles. The Balaban J connectivity index is 1.68. The Morgan fingerprint density at radius 1 is 1.00 bits per heavy atom. The Hall–Kier alpha value is -4.06. The molecule has 146 valence electrons. The number of nitrogens with one attached hydrogen (secondary N) is 1. The maximum Gasteiger partial charge on any atom is 0.307 e. The van der Waals surface area contributed by atoms with Crippen LogP contribution in [0, 0.1) is 5.82 Å². The number of carbonyl (C=O) groups is 2. The molecule has 0 atom stereocenters. The molecular weight excluding hydrogens is 383 g/mol. The van der Waals surface area contributed by atoms with Gasteiger partial charge in [-0.25, -0.2) is 4.39 Å². The molecule has 30 heavy (non-hydrogen) atoms. The summed E-state index contributed by atoms with van der Waals surface area (Å²) in [6.07, 6.45) is 1.26. The minimum absolute atomic E-state index is 0.209. The van der Waals surface area contributed by atoms with Gasteiger partial charge in [0.25, 0.3) is 0 Å². The molecule has 0 saturated heterocycles. The predicted octanol–water partition coefficient (Wildman–Crippen LogP) is 4.87. The number of hydrogen-bond donors (Lipinski definition) is 2. The van der Waals surface area contributed by atoms with Crippen LogP contribution in [0.25, 0.3) is 32.6 Å². The van der Waals surface area contributed by atoms with Crippen molar-refractivity contribution in [3.8, 4) is 0 Å². The first-order valence-electron chi connectivity index (χ1n) is 9.36. The highest BCUT2D eigenvalue weighted by Gasteiger charge is 2.18. The zero-order valence-electron chi connectivity index (χ0n) is 15.6. The minimum atomic E-state index is -1.01. The van der Waals surface area contributed by atoms with E-state index in [0.29, 0.717) is 27.4 Å². The fourth-order valence-electron chi connectivity index (χ4n) is 3.94. The highest BCUT2D eigenvalue weighted by atomic mass is 19.1. The van der Waals surface area contributed by atoms with Gasteiger partial charge in [-0.15, -0.1) is 0 Å². The number of aromatic amines is 1. The Kier molecular flexibility index (Phi) is 4.06. The number of benzene rings is 3. The van der Waals surface area contributed by atoms with Gasteiger partial charge in [0.2, 0.25) is 5.78 Å². The standard InChI is InChI=1S/C24H15FN2O3/c25-18-9-8-14(10-21(28)29)22-17-12-26-20(11-19(17)27-23(18)22)24(30)16-7-3-5-13-4-1-2-6-15(13)16/h1-9,11-12,27H,10H2,(H,28,29). The largest absolute Gasteiger partial charge is 0.481 e. The molecule has 0 spiro atoms. The predicted molar refractivity (Wildman–Crippen MR) is 112 cm³/mol. The van der Waals surface area contributed by atoms with E-state index >= 15 is 0 Å². The molecule has 2 N–H and O–H groups in total. The van der Waals surface area contributed by atoms with Crippen LogP contribution >= 0.6 is 0 Å². The first-order valence-corrected chi connectivity index (χ1v) is 9.36. The Morgan fingerprint density at radius 2 is 1.80 bits per heavy atom. The lowest BCUT2D eigenvalue weighted by molar-refractivity contribution is -0.136. The molecule has 6 heteroatoms. The van der Waals surface area contributed by atoms with Gasteiger partial charge in [-0.3, -0.25) is 14.6 Å². The number of carboxylic acid groups (broad SMARTS) is 1. The molecule has 0 unspecified atom stereocenters. The Labute approximate surface area is 169 Å². The molecule has 0 saturated carbocycles. The van der Waals surface area contributed by atoms with Crippen molar-refractivity contribution < 1.29 is 19.1 Å². The number of fused-ring (bicyclic) bond motifs is 4. The molecule has 2 aromatic heterocycles. The van der Waals surface area contributed by atoms with Crippen LogP contribution in [0.3, 0.4) is 0 Å². The molecule has 2 heterocycles. The molecule has 0 amide bonds. The van der Waals surface area contributed by atoms with E-state index < -0.39 is 11.8 Å². The van der Waals surface area contributed by atoms with E-state index in [1.165, 1.54) is 18.3 Å².